The molecule has 0 radical (unpaired) electrons. The van der Waals surface area contributed by atoms with Crippen molar-refractivity contribution in [3.05, 3.63) is 76.2 Å². The van der Waals surface area contributed by atoms with E-state index >= 15 is 0 Å². The third kappa shape index (κ3) is 3.53. The van der Waals surface area contributed by atoms with Gasteiger partial charge in [0.15, 0.2) is 0 Å². The van der Waals surface area contributed by atoms with Crippen LogP contribution in [0.4, 0.5) is 5.69 Å². The highest BCUT2D eigenvalue weighted by Gasteiger charge is 2.09. The summed E-state index contributed by atoms with van der Waals surface area (Å²) in [6.45, 7) is 4.09. The third-order valence-corrected chi connectivity index (χ3v) is 4.57. The number of aryl methyl sites for hydroxylation is 2. The first-order valence-electron chi connectivity index (χ1n) is 7.63. The van der Waals surface area contributed by atoms with E-state index in [1.807, 2.05) is 49.6 Å². The second kappa shape index (κ2) is 7.12. The van der Waals surface area contributed by atoms with Crippen molar-refractivity contribution in [2.75, 3.05) is 5.32 Å². The number of thiazole rings is 1. The first kappa shape index (κ1) is 16.0. The first-order valence-corrected chi connectivity index (χ1v) is 8.51. The lowest BCUT2D eigenvalue weighted by molar-refractivity contribution is 1.35. The summed E-state index contributed by atoms with van der Waals surface area (Å²) in [7, 11) is 0. The van der Waals surface area contributed by atoms with E-state index in [4.69, 9.17) is 0 Å². The Morgan fingerprint density at radius 1 is 1.17 bits per heavy atom. The van der Waals surface area contributed by atoms with Crippen LogP contribution in [0, 0.1) is 25.2 Å². The van der Waals surface area contributed by atoms with Gasteiger partial charge >= 0.3 is 0 Å². The van der Waals surface area contributed by atoms with Crippen LogP contribution in [-0.4, -0.2) is 4.98 Å². The number of nitrogens with one attached hydrogen (secondary N) is 1. The van der Waals surface area contributed by atoms with Gasteiger partial charge < -0.3 is 5.32 Å². The summed E-state index contributed by atoms with van der Waals surface area (Å²) in [4.78, 5) is 4.59. The number of hydrogen-bond donors (Lipinski definition) is 1. The summed E-state index contributed by atoms with van der Waals surface area (Å²) in [5.41, 5.74) is 5.79. The molecular formula is C20H17N3S. The van der Waals surface area contributed by atoms with Crippen LogP contribution in [0.2, 0.25) is 0 Å². The van der Waals surface area contributed by atoms with E-state index in [2.05, 4.69) is 34.6 Å². The quantitative estimate of drug-likeness (QED) is 0.651. The monoisotopic (exact) mass is 331 g/mol. The van der Waals surface area contributed by atoms with E-state index in [9.17, 15) is 5.26 Å². The number of aromatic nitrogens is 1. The van der Waals surface area contributed by atoms with E-state index in [0.717, 1.165) is 22.5 Å². The fraction of sp³-hybridized carbons (Fsp3) is 0.100. The molecule has 118 valence electrons. The SMILES string of the molecule is Cc1ccc(C)c(NC=C(C#N)c2nc(-c3ccccc3)cs2)c1. The average molecular weight is 331 g/mol. The third-order valence-electron chi connectivity index (χ3n) is 3.69. The van der Waals surface area contributed by atoms with E-state index in [0.29, 0.717) is 10.6 Å². The smallest absolute Gasteiger partial charge is 0.136 e. The lowest BCUT2D eigenvalue weighted by Crippen LogP contribution is -1.94. The van der Waals surface area contributed by atoms with E-state index < -0.39 is 0 Å². The van der Waals surface area contributed by atoms with Crippen molar-refractivity contribution in [3.8, 4) is 17.3 Å². The van der Waals surface area contributed by atoms with Crippen LogP contribution in [0.15, 0.2) is 60.1 Å². The van der Waals surface area contributed by atoms with Gasteiger partial charge in [-0.15, -0.1) is 11.3 Å². The highest BCUT2D eigenvalue weighted by Crippen LogP contribution is 2.26. The summed E-state index contributed by atoms with van der Waals surface area (Å²) in [6.07, 6.45) is 1.73. The molecule has 2 aromatic carbocycles. The lowest BCUT2D eigenvalue weighted by atomic mass is 10.1. The Morgan fingerprint density at radius 3 is 2.71 bits per heavy atom. The number of hydrogen-bond acceptors (Lipinski definition) is 4. The summed E-state index contributed by atoms with van der Waals surface area (Å²) in [5, 5.41) is 15.4. The molecule has 0 spiro atoms. The molecule has 1 aromatic heterocycles. The van der Waals surface area contributed by atoms with E-state index in [1.165, 1.54) is 16.9 Å². The summed E-state index contributed by atoms with van der Waals surface area (Å²) in [5.74, 6) is 0. The van der Waals surface area contributed by atoms with Gasteiger partial charge in [0.05, 0.1) is 5.69 Å². The zero-order valence-corrected chi connectivity index (χ0v) is 14.4. The zero-order chi connectivity index (χ0) is 16.9. The van der Waals surface area contributed by atoms with Crippen LogP contribution in [0.5, 0.6) is 0 Å². The Bertz CT molecular complexity index is 918. The Labute approximate surface area is 145 Å². The topological polar surface area (TPSA) is 48.7 Å². The van der Waals surface area contributed by atoms with Crippen molar-refractivity contribution in [1.29, 1.82) is 5.26 Å². The molecule has 1 N–H and O–H groups in total. The second-order valence-electron chi connectivity index (χ2n) is 5.54. The fourth-order valence-electron chi connectivity index (χ4n) is 2.32. The summed E-state index contributed by atoms with van der Waals surface area (Å²) in [6, 6.07) is 18.4. The molecule has 3 aromatic rings. The number of benzene rings is 2. The normalized spacial score (nSPS) is 11.1. The number of rotatable bonds is 4. The maximum Gasteiger partial charge on any atom is 0.136 e. The van der Waals surface area contributed by atoms with Gasteiger partial charge in [0.2, 0.25) is 0 Å². The molecule has 0 atom stereocenters. The van der Waals surface area contributed by atoms with Gasteiger partial charge in [0, 0.05) is 22.8 Å². The van der Waals surface area contributed by atoms with Gasteiger partial charge in [-0.3, -0.25) is 0 Å². The minimum atomic E-state index is 0.531. The summed E-state index contributed by atoms with van der Waals surface area (Å²) >= 11 is 1.48. The maximum atomic E-state index is 9.47. The minimum Gasteiger partial charge on any atom is -0.360 e. The van der Waals surface area contributed by atoms with Crippen molar-refractivity contribution in [2.24, 2.45) is 0 Å². The Hall–Kier alpha value is -2.90. The molecule has 0 aliphatic carbocycles. The number of allylic oxidation sites excluding steroid dienone is 1. The van der Waals surface area contributed by atoms with E-state index in [-0.39, 0.29) is 0 Å². The van der Waals surface area contributed by atoms with Crippen LogP contribution in [0.1, 0.15) is 16.1 Å². The first-order chi connectivity index (χ1) is 11.7. The molecule has 3 rings (SSSR count). The Morgan fingerprint density at radius 2 is 1.96 bits per heavy atom. The molecule has 1 heterocycles. The van der Waals surface area contributed by atoms with Crippen molar-refractivity contribution in [1.82, 2.24) is 4.98 Å². The van der Waals surface area contributed by atoms with Gasteiger partial charge in [0.1, 0.15) is 16.6 Å². The molecule has 0 unspecified atom stereocenters. The predicted molar refractivity (Wildman–Crippen MR) is 101 cm³/mol. The molecule has 0 fully saturated rings. The maximum absolute atomic E-state index is 9.47. The largest absolute Gasteiger partial charge is 0.360 e. The van der Waals surface area contributed by atoms with Crippen molar-refractivity contribution in [3.63, 3.8) is 0 Å². The lowest BCUT2D eigenvalue weighted by Gasteiger charge is -2.06. The fourth-order valence-corrected chi connectivity index (χ4v) is 3.12. The zero-order valence-electron chi connectivity index (χ0n) is 13.6. The molecular weight excluding hydrogens is 314 g/mol. The number of nitrogens with zero attached hydrogens (tertiary/aromatic N) is 2. The molecule has 0 amide bonds. The molecule has 3 nitrogen and oxygen atoms in total. The Balaban J connectivity index is 1.86. The highest BCUT2D eigenvalue weighted by atomic mass is 32.1. The van der Waals surface area contributed by atoms with Crippen molar-refractivity contribution < 1.29 is 0 Å². The van der Waals surface area contributed by atoms with Crippen molar-refractivity contribution in [2.45, 2.75) is 13.8 Å². The number of anilines is 1. The van der Waals surface area contributed by atoms with Crippen LogP contribution in [0.3, 0.4) is 0 Å². The van der Waals surface area contributed by atoms with Crippen LogP contribution >= 0.6 is 11.3 Å². The van der Waals surface area contributed by atoms with Gasteiger partial charge in [-0.1, -0.05) is 42.5 Å². The van der Waals surface area contributed by atoms with Gasteiger partial charge in [-0.05, 0) is 31.0 Å². The van der Waals surface area contributed by atoms with Crippen LogP contribution < -0.4 is 5.32 Å². The van der Waals surface area contributed by atoms with Crippen molar-refractivity contribution >= 4 is 22.6 Å². The highest BCUT2D eigenvalue weighted by molar-refractivity contribution is 7.11. The minimum absolute atomic E-state index is 0.531. The second-order valence-corrected chi connectivity index (χ2v) is 6.39. The van der Waals surface area contributed by atoms with Crippen LogP contribution in [0.25, 0.3) is 16.8 Å². The van der Waals surface area contributed by atoms with Gasteiger partial charge in [0.25, 0.3) is 0 Å². The molecule has 0 saturated heterocycles. The molecule has 24 heavy (non-hydrogen) atoms. The molecule has 0 aliphatic rings. The molecule has 4 heteroatoms. The molecule has 0 saturated carbocycles. The van der Waals surface area contributed by atoms with Crippen LogP contribution in [-0.2, 0) is 0 Å². The molecule has 0 bridgehead atoms. The standard InChI is InChI=1S/C20H17N3S/c1-14-8-9-15(2)18(10-14)22-12-17(11-21)20-23-19(13-24-20)16-6-4-3-5-7-16/h3-10,12-13,22H,1-2H3. The molecule has 0 aliphatic heterocycles. The van der Waals surface area contributed by atoms with Gasteiger partial charge in [-0.2, -0.15) is 5.26 Å². The predicted octanol–water partition coefficient (Wildman–Crippen LogP) is 5.40. The summed E-state index contributed by atoms with van der Waals surface area (Å²) < 4.78 is 0. The number of nitriles is 1. The average Bonchev–Trinajstić information content (AvgIpc) is 3.09. The Kier molecular flexibility index (Phi) is 4.74. The van der Waals surface area contributed by atoms with E-state index in [1.54, 1.807) is 6.20 Å². The van der Waals surface area contributed by atoms with Gasteiger partial charge in [-0.25, -0.2) is 4.98 Å².